The van der Waals surface area contributed by atoms with Crippen molar-refractivity contribution < 1.29 is 23.8 Å². The summed E-state index contributed by atoms with van der Waals surface area (Å²) in [5, 5.41) is 2.80. The number of rotatable bonds is 4. The number of methoxy groups -OCH3 is 1. The molecule has 130 valence electrons. The molecular formula is C16H19BrN2O5. The van der Waals surface area contributed by atoms with E-state index in [4.69, 9.17) is 14.2 Å². The van der Waals surface area contributed by atoms with Gasteiger partial charge in [0.15, 0.2) is 11.5 Å². The van der Waals surface area contributed by atoms with Gasteiger partial charge in [-0.05, 0) is 17.7 Å². The van der Waals surface area contributed by atoms with E-state index in [9.17, 15) is 9.59 Å². The number of piperazine rings is 1. The van der Waals surface area contributed by atoms with Crippen molar-refractivity contribution in [2.75, 3.05) is 33.4 Å². The molecule has 1 fully saturated rings. The minimum Gasteiger partial charge on any atom is -0.486 e. The van der Waals surface area contributed by atoms with Crippen LogP contribution >= 0.6 is 15.9 Å². The molecule has 2 aliphatic rings. The van der Waals surface area contributed by atoms with Crippen molar-refractivity contribution in [1.82, 2.24) is 10.2 Å². The molecule has 3 rings (SSSR count). The molecule has 2 heterocycles. The first-order chi connectivity index (χ1) is 11.6. The van der Waals surface area contributed by atoms with Crippen molar-refractivity contribution in [3.8, 4) is 11.5 Å². The number of esters is 1. The van der Waals surface area contributed by atoms with E-state index in [1.165, 1.54) is 7.11 Å². The Labute approximate surface area is 148 Å². The van der Waals surface area contributed by atoms with Crippen LogP contribution < -0.4 is 14.8 Å². The van der Waals surface area contributed by atoms with E-state index in [-0.39, 0.29) is 12.3 Å². The lowest BCUT2D eigenvalue weighted by molar-refractivity contribution is -0.146. The zero-order chi connectivity index (χ0) is 17.1. The molecular weight excluding hydrogens is 380 g/mol. The monoisotopic (exact) mass is 398 g/mol. The molecule has 0 saturated carbocycles. The first-order valence-electron chi connectivity index (χ1n) is 7.75. The Morgan fingerprint density at radius 3 is 2.79 bits per heavy atom. The number of carbonyl (C=O) groups excluding carboxylic acids is 2. The lowest BCUT2D eigenvalue weighted by Crippen LogP contribution is -2.55. The Morgan fingerprint density at radius 2 is 2.08 bits per heavy atom. The zero-order valence-corrected chi connectivity index (χ0v) is 14.9. The Bertz CT molecular complexity index is 652. The zero-order valence-electron chi connectivity index (χ0n) is 13.3. The van der Waals surface area contributed by atoms with Gasteiger partial charge < -0.3 is 19.5 Å². The molecule has 0 aromatic heterocycles. The van der Waals surface area contributed by atoms with Crippen LogP contribution in [-0.4, -0.2) is 56.2 Å². The van der Waals surface area contributed by atoms with Crippen LogP contribution in [0.1, 0.15) is 12.0 Å². The largest absolute Gasteiger partial charge is 0.486 e. The highest BCUT2D eigenvalue weighted by Crippen LogP contribution is 2.36. The van der Waals surface area contributed by atoms with Gasteiger partial charge >= 0.3 is 5.97 Å². The second-order valence-corrected chi connectivity index (χ2v) is 6.50. The summed E-state index contributed by atoms with van der Waals surface area (Å²) in [7, 11) is 1.32. The van der Waals surface area contributed by atoms with E-state index in [1.807, 2.05) is 17.0 Å². The maximum Gasteiger partial charge on any atom is 0.307 e. The van der Waals surface area contributed by atoms with Crippen LogP contribution in [0.5, 0.6) is 11.5 Å². The third-order valence-electron chi connectivity index (χ3n) is 4.11. The maximum absolute atomic E-state index is 12.1. The molecule has 7 nitrogen and oxygen atoms in total. The van der Waals surface area contributed by atoms with Crippen LogP contribution in [0.2, 0.25) is 0 Å². The fraction of sp³-hybridized carbons (Fsp3) is 0.500. The fourth-order valence-electron chi connectivity index (χ4n) is 2.86. The summed E-state index contributed by atoms with van der Waals surface area (Å²) in [4.78, 5) is 25.7. The summed E-state index contributed by atoms with van der Waals surface area (Å²) < 4.78 is 16.8. The molecule has 8 heteroatoms. The van der Waals surface area contributed by atoms with Gasteiger partial charge in [-0.1, -0.05) is 15.9 Å². The van der Waals surface area contributed by atoms with Gasteiger partial charge in [-0.25, -0.2) is 0 Å². The number of ether oxygens (including phenoxy) is 3. The molecule has 1 aromatic carbocycles. The minimum absolute atomic E-state index is 0.0322. The van der Waals surface area contributed by atoms with Crippen LogP contribution in [0.3, 0.4) is 0 Å². The summed E-state index contributed by atoms with van der Waals surface area (Å²) in [6.45, 7) is 2.79. The lowest BCUT2D eigenvalue weighted by atomic mass is 10.1. The topological polar surface area (TPSA) is 77.1 Å². The predicted octanol–water partition coefficient (Wildman–Crippen LogP) is 1.08. The van der Waals surface area contributed by atoms with Crippen LogP contribution in [0.25, 0.3) is 0 Å². The van der Waals surface area contributed by atoms with E-state index in [0.29, 0.717) is 44.3 Å². The Hall–Kier alpha value is -1.80. The molecule has 1 N–H and O–H groups in total. The Morgan fingerprint density at radius 1 is 1.38 bits per heavy atom. The number of fused-ring (bicyclic) bond motifs is 1. The van der Waals surface area contributed by atoms with E-state index in [1.54, 1.807) is 0 Å². The summed E-state index contributed by atoms with van der Waals surface area (Å²) in [5.74, 6) is 0.855. The first-order valence-corrected chi connectivity index (χ1v) is 8.54. The molecule has 1 aromatic rings. The molecule has 2 aliphatic heterocycles. The quantitative estimate of drug-likeness (QED) is 0.764. The van der Waals surface area contributed by atoms with Crippen molar-refractivity contribution >= 4 is 27.8 Å². The molecule has 0 bridgehead atoms. The van der Waals surface area contributed by atoms with E-state index in [0.717, 1.165) is 10.0 Å². The predicted molar refractivity (Wildman–Crippen MR) is 89.0 cm³/mol. The van der Waals surface area contributed by atoms with Crippen molar-refractivity contribution in [3.05, 3.63) is 22.2 Å². The van der Waals surface area contributed by atoms with Gasteiger partial charge in [0.05, 0.1) is 13.5 Å². The van der Waals surface area contributed by atoms with Crippen molar-refractivity contribution in [2.45, 2.75) is 19.0 Å². The highest BCUT2D eigenvalue weighted by atomic mass is 79.9. The van der Waals surface area contributed by atoms with Gasteiger partial charge in [0.1, 0.15) is 19.3 Å². The van der Waals surface area contributed by atoms with Gasteiger partial charge in [0, 0.05) is 24.1 Å². The average molecular weight is 399 g/mol. The standard InChI is InChI=1S/C16H19BrN2O5/c1-22-15(20)8-12-16(21)18-2-3-19(12)9-10-6-13-14(7-11(10)17)24-5-4-23-13/h6-7,12H,2-5,8-9H2,1H3,(H,18,21). The van der Waals surface area contributed by atoms with Crippen molar-refractivity contribution in [2.24, 2.45) is 0 Å². The first kappa shape index (κ1) is 17.0. The number of amides is 1. The SMILES string of the molecule is COC(=O)CC1C(=O)NCCN1Cc1cc2c(cc1Br)OCCO2. The van der Waals surface area contributed by atoms with E-state index >= 15 is 0 Å². The highest BCUT2D eigenvalue weighted by molar-refractivity contribution is 9.10. The molecule has 1 atom stereocenters. The Kier molecular flexibility index (Phi) is 5.25. The number of nitrogens with one attached hydrogen (secondary N) is 1. The number of hydrogen-bond acceptors (Lipinski definition) is 6. The van der Waals surface area contributed by atoms with Gasteiger partial charge in [-0.2, -0.15) is 0 Å². The van der Waals surface area contributed by atoms with E-state index in [2.05, 4.69) is 21.2 Å². The van der Waals surface area contributed by atoms with Crippen LogP contribution in [-0.2, 0) is 20.9 Å². The molecule has 0 radical (unpaired) electrons. The normalized spacial score (nSPS) is 20.4. The summed E-state index contributed by atoms with van der Waals surface area (Å²) >= 11 is 3.55. The molecule has 1 unspecified atom stereocenters. The van der Waals surface area contributed by atoms with E-state index < -0.39 is 12.0 Å². The molecule has 0 spiro atoms. The smallest absolute Gasteiger partial charge is 0.307 e. The summed E-state index contributed by atoms with van der Waals surface area (Å²) in [6, 6.07) is 3.26. The molecule has 24 heavy (non-hydrogen) atoms. The number of halogens is 1. The fourth-order valence-corrected chi connectivity index (χ4v) is 3.31. The summed E-state index contributed by atoms with van der Waals surface area (Å²) in [5.41, 5.74) is 0.976. The number of benzene rings is 1. The van der Waals surface area contributed by atoms with Crippen LogP contribution in [0.4, 0.5) is 0 Å². The average Bonchev–Trinajstić information content (AvgIpc) is 2.58. The maximum atomic E-state index is 12.1. The van der Waals surface area contributed by atoms with Crippen molar-refractivity contribution in [3.63, 3.8) is 0 Å². The number of nitrogens with zero attached hydrogens (tertiary/aromatic N) is 1. The van der Waals surface area contributed by atoms with Crippen molar-refractivity contribution in [1.29, 1.82) is 0 Å². The second kappa shape index (κ2) is 7.40. The molecule has 1 amide bonds. The summed E-state index contributed by atoms with van der Waals surface area (Å²) in [6.07, 6.45) is 0.0322. The van der Waals surface area contributed by atoms with Gasteiger partial charge in [-0.15, -0.1) is 0 Å². The van der Waals surface area contributed by atoms with Gasteiger partial charge in [0.25, 0.3) is 0 Å². The third-order valence-corrected chi connectivity index (χ3v) is 4.85. The molecule has 1 saturated heterocycles. The van der Waals surface area contributed by atoms with Crippen LogP contribution in [0.15, 0.2) is 16.6 Å². The molecule has 0 aliphatic carbocycles. The second-order valence-electron chi connectivity index (χ2n) is 5.64. The Balaban J connectivity index is 1.80. The number of carbonyl (C=O) groups is 2. The van der Waals surface area contributed by atoms with Crippen LogP contribution in [0, 0.1) is 0 Å². The number of hydrogen-bond donors (Lipinski definition) is 1. The van der Waals surface area contributed by atoms with Gasteiger partial charge in [-0.3, -0.25) is 14.5 Å². The highest BCUT2D eigenvalue weighted by Gasteiger charge is 2.32. The third kappa shape index (κ3) is 3.64. The van der Waals surface area contributed by atoms with Gasteiger partial charge in [0.2, 0.25) is 5.91 Å². The lowest BCUT2D eigenvalue weighted by Gasteiger charge is -2.34. The minimum atomic E-state index is -0.536.